The molecule has 4 rings (SSSR count). The van der Waals surface area contributed by atoms with E-state index in [1.54, 1.807) is 18.2 Å². The van der Waals surface area contributed by atoms with Crippen molar-refractivity contribution in [1.82, 2.24) is 5.16 Å². The lowest BCUT2D eigenvalue weighted by molar-refractivity contribution is -0.141. The number of rotatable bonds is 6. The Morgan fingerprint density at radius 1 is 1.07 bits per heavy atom. The topological polar surface area (TPSA) is 70.8 Å². The highest BCUT2D eigenvalue weighted by atomic mass is 32.2. The molecule has 1 aliphatic heterocycles. The molecule has 144 valence electrons. The maximum absolute atomic E-state index is 12.9. The van der Waals surface area contributed by atoms with Crippen molar-refractivity contribution in [2.45, 2.75) is 11.5 Å². The molecule has 0 bridgehead atoms. The van der Waals surface area contributed by atoms with Gasteiger partial charge in [-0.2, -0.15) is 0 Å². The van der Waals surface area contributed by atoms with Gasteiger partial charge in [-0.25, -0.2) is 4.39 Å². The van der Waals surface area contributed by atoms with E-state index in [0.717, 1.165) is 10.5 Å². The van der Waals surface area contributed by atoms with Crippen LogP contribution >= 0.6 is 11.8 Å². The number of hydrogen-bond acceptors (Lipinski definition) is 7. The SMILES string of the molecule is O=C(CSc1ccc(F)cc1)OCc1cc(-c2ccc3c(c2)OCCO3)on1. The van der Waals surface area contributed by atoms with Gasteiger partial charge in [0.25, 0.3) is 0 Å². The first-order chi connectivity index (χ1) is 13.7. The number of fused-ring (bicyclic) bond motifs is 1. The second-order valence-corrected chi connectivity index (χ2v) is 6.99. The molecule has 1 aromatic heterocycles. The summed E-state index contributed by atoms with van der Waals surface area (Å²) in [5.74, 6) is 1.32. The average molecular weight is 401 g/mol. The van der Waals surface area contributed by atoms with E-state index in [2.05, 4.69) is 5.16 Å². The van der Waals surface area contributed by atoms with Gasteiger partial charge < -0.3 is 18.7 Å². The lowest BCUT2D eigenvalue weighted by atomic mass is 10.1. The van der Waals surface area contributed by atoms with Gasteiger partial charge in [0, 0.05) is 16.5 Å². The smallest absolute Gasteiger partial charge is 0.316 e. The largest absolute Gasteiger partial charge is 0.486 e. The summed E-state index contributed by atoms with van der Waals surface area (Å²) in [6.07, 6.45) is 0. The predicted molar refractivity (Wildman–Crippen MR) is 99.8 cm³/mol. The van der Waals surface area contributed by atoms with E-state index in [1.165, 1.54) is 23.9 Å². The zero-order valence-electron chi connectivity index (χ0n) is 14.7. The zero-order valence-corrected chi connectivity index (χ0v) is 15.5. The summed E-state index contributed by atoms with van der Waals surface area (Å²) < 4.78 is 34.5. The van der Waals surface area contributed by atoms with E-state index in [-0.39, 0.29) is 18.2 Å². The Morgan fingerprint density at radius 2 is 1.86 bits per heavy atom. The van der Waals surface area contributed by atoms with Crippen LogP contribution in [0.15, 0.2) is 57.9 Å². The Hall–Kier alpha value is -3.00. The molecule has 0 saturated carbocycles. The van der Waals surface area contributed by atoms with E-state index in [1.807, 2.05) is 18.2 Å². The Morgan fingerprint density at radius 3 is 2.68 bits per heavy atom. The van der Waals surface area contributed by atoms with Gasteiger partial charge in [0.15, 0.2) is 17.3 Å². The molecule has 0 aliphatic carbocycles. The van der Waals surface area contributed by atoms with Gasteiger partial charge in [-0.05, 0) is 42.5 Å². The molecule has 0 radical (unpaired) electrons. The quantitative estimate of drug-likeness (QED) is 0.455. The monoisotopic (exact) mass is 401 g/mol. The molecule has 0 fully saturated rings. The summed E-state index contributed by atoms with van der Waals surface area (Å²) in [5, 5.41) is 3.93. The molecular weight excluding hydrogens is 385 g/mol. The summed E-state index contributed by atoms with van der Waals surface area (Å²) in [6.45, 7) is 1.05. The van der Waals surface area contributed by atoms with Crippen molar-refractivity contribution < 1.29 is 27.9 Å². The number of halogens is 1. The number of esters is 1. The van der Waals surface area contributed by atoms with Gasteiger partial charge in [0.05, 0.1) is 5.75 Å². The third-order valence-corrected chi connectivity index (χ3v) is 4.92. The van der Waals surface area contributed by atoms with Crippen molar-refractivity contribution in [1.29, 1.82) is 0 Å². The first kappa shape index (κ1) is 18.4. The van der Waals surface area contributed by atoms with Gasteiger partial charge in [0.2, 0.25) is 0 Å². The van der Waals surface area contributed by atoms with E-state index < -0.39 is 5.97 Å². The molecule has 28 heavy (non-hydrogen) atoms. The van der Waals surface area contributed by atoms with E-state index >= 15 is 0 Å². The number of thioether (sulfide) groups is 1. The molecule has 0 amide bonds. The summed E-state index contributed by atoms with van der Waals surface area (Å²) in [5.41, 5.74) is 1.30. The van der Waals surface area contributed by atoms with Crippen LogP contribution in [0, 0.1) is 5.82 Å². The fourth-order valence-electron chi connectivity index (χ4n) is 2.58. The molecule has 1 aliphatic rings. The molecule has 2 heterocycles. The summed E-state index contributed by atoms with van der Waals surface area (Å²) in [7, 11) is 0. The molecule has 0 saturated heterocycles. The van der Waals surface area contributed by atoms with Crippen molar-refractivity contribution in [3.63, 3.8) is 0 Å². The molecule has 2 aromatic carbocycles. The van der Waals surface area contributed by atoms with Crippen molar-refractivity contribution in [2.24, 2.45) is 0 Å². The first-order valence-corrected chi connectivity index (χ1v) is 9.55. The highest BCUT2D eigenvalue weighted by Gasteiger charge is 2.15. The Bertz CT molecular complexity index is 973. The molecule has 6 nitrogen and oxygen atoms in total. The van der Waals surface area contributed by atoms with Crippen molar-refractivity contribution in [3.05, 3.63) is 60.0 Å². The van der Waals surface area contributed by atoms with E-state index in [9.17, 15) is 9.18 Å². The van der Waals surface area contributed by atoms with Crippen LogP contribution in [0.3, 0.4) is 0 Å². The van der Waals surface area contributed by atoms with Gasteiger partial charge in [-0.1, -0.05) is 5.16 Å². The fourth-order valence-corrected chi connectivity index (χ4v) is 3.28. The number of benzene rings is 2. The minimum atomic E-state index is -0.391. The molecular formula is C20H16FNO5S. The standard InChI is InChI=1S/C20H16FNO5S/c21-14-2-4-16(5-3-14)28-12-20(23)26-11-15-10-18(27-22-15)13-1-6-17-19(9-13)25-8-7-24-17/h1-6,9-10H,7-8,11-12H2. The number of nitrogens with zero attached hydrogens (tertiary/aromatic N) is 1. The fraction of sp³-hybridized carbons (Fsp3) is 0.200. The highest BCUT2D eigenvalue weighted by Crippen LogP contribution is 2.34. The third kappa shape index (κ3) is 4.45. The third-order valence-electron chi connectivity index (χ3n) is 3.94. The highest BCUT2D eigenvalue weighted by molar-refractivity contribution is 8.00. The Labute approximate surface area is 164 Å². The van der Waals surface area contributed by atoms with Crippen LogP contribution in [0.25, 0.3) is 11.3 Å². The van der Waals surface area contributed by atoms with Crippen LogP contribution in [0.1, 0.15) is 5.69 Å². The van der Waals surface area contributed by atoms with Gasteiger partial charge in [0.1, 0.15) is 31.3 Å². The maximum atomic E-state index is 12.9. The average Bonchev–Trinajstić information content (AvgIpc) is 3.20. The zero-order chi connectivity index (χ0) is 19.3. The summed E-state index contributed by atoms with van der Waals surface area (Å²) >= 11 is 1.28. The van der Waals surface area contributed by atoms with Crippen LogP contribution in [0.5, 0.6) is 11.5 Å². The van der Waals surface area contributed by atoms with Crippen molar-refractivity contribution >= 4 is 17.7 Å². The molecule has 0 unspecified atom stereocenters. The number of carbonyl (C=O) groups excluding carboxylic acids is 1. The predicted octanol–water partition coefficient (Wildman–Crippen LogP) is 4.09. The van der Waals surface area contributed by atoms with Crippen LogP contribution < -0.4 is 9.47 Å². The van der Waals surface area contributed by atoms with Crippen LogP contribution in [-0.2, 0) is 16.1 Å². The first-order valence-electron chi connectivity index (χ1n) is 8.57. The second kappa shape index (κ2) is 8.35. The van der Waals surface area contributed by atoms with Gasteiger partial charge in [-0.15, -0.1) is 11.8 Å². The number of ether oxygens (including phenoxy) is 3. The normalized spacial score (nSPS) is 12.6. The lowest BCUT2D eigenvalue weighted by Gasteiger charge is -2.18. The van der Waals surface area contributed by atoms with Crippen molar-refractivity contribution in [3.8, 4) is 22.8 Å². The van der Waals surface area contributed by atoms with E-state index in [4.69, 9.17) is 18.7 Å². The van der Waals surface area contributed by atoms with Crippen LogP contribution in [0.2, 0.25) is 0 Å². The lowest BCUT2D eigenvalue weighted by Crippen LogP contribution is -2.15. The van der Waals surface area contributed by atoms with Gasteiger partial charge >= 0.3 is 5.97 Å². The van der Waals surface area contributed by atoms with Crippen LogP contribution in [-0.4, -0.2) is 30.1 Å². The maximum Gasteiger partial charge on any atom is 0.316 e. The molecule has 0 N–H and O–H groups in total. The number of carbonyl (C=O) groups is 1. The van der Waals surface area contributed by atoms with Crippen molar-refractivity contribution in [2.75, 3.05) is 19.0 Å². The van der Waals surface area contributed by atoms with Gasteiger partial charge in [-0.3, -0.25) is 4.79 Å². The minimum Gasteiger partial charge on any atom is -0.486 e. The summed E-state index contributed by atoms with van der Waals surface area (Å²) in [6, 6.07) is 13.1. The van der Waals surface area contributed by atoms with E-state index in [0.29, 0.717) is 36.2 Å². The second-order valence-electron chi connectivity index (χ2n) is 5.94. The molecule has 0 spiro atoms. The minimum absolute atomic E-state index is 0.0108. The number of hydrogen-bond donors (Lipinski definition) is 0. The summed E-state index contributed by atoms with van der Waals surface area (Å²) in [4.78, 5) is 12.7. The molecule has 3 aromatic rings. The molecule has 8 heteroatoms. The Kier molecular flexibility index (Phi) is 5.48. The Balaban J connectivity index is 1.31. The number of aromatic nitrogens is 1. The van der Waals surface area contributed by atoms with Crippen LogP contribution in [0.4, 0.5) is 4.39 Å². The molecule has 0 atom stereocenters.